The van der Waals surface area contributed by atoms with Gasteiger partial charge in [-0.25, -0.2) is 13.2 Å². The summed E-state index contributed by atoms with van der Waals surface area (Å²) in [5.41, 5.74) is 0.839. The van der Waals surface area contributed by atoms with Crippen LogP contribution in [-0.2, 0) is 0 Å². The minimum absolute atomic E-state index is 0.196. The van der Waals surface area contributed by atoms with Crippen molar-refractivity contribution in [3.63, 3.8) is 0 Å². The first kappa shape index (κ1) is 16.4. The molecule has 0 amide bonds. The van der Waals surface area contributed by atoms with Crippen molar-refractivity contribution in [1.29, 1.82) is 0 Å². The Balaban J connectivity index is 2.73. The molecule has 6 heteroatoms. The molecule has 1 aliphatic heterocycles. The van der Waals surface area contributed by atoms with Gasteiger partial charge >= 0.3 is 0 Å². The van der Waals surface area contributed by atoms with Crippen LogP contribution in [0.1, 0.15) is 19.4 Å². The van der Waals surface area contributed by atoms with Crippen LogP contribution in [0, 0.1) is 17.5 Å². The summed E-state index contributed by atoms with van der Waals surface area (Å²) in [4.78, 5) is 1.80. The van der Waals surface area contributed by atoms with Crippen LogP contribution in [0.5, 0.6) is 0 Å². The summed E-state index contributed by atoms with van der Waals surface area (Å²) in [6.45, 7) is 4.25. The van der Waals surface area contributed by atoms with Crippen molar-refractivity contribution in [3.8, 4) is 0 Å². The molecule has 0 aliphatic carbocycles. The van der Waals surface area contributed by atoms with Crippen LogP contribution in [0.3, 0.4) is 0 Å². The van der Waals surface area contributed by atoms with Crippen molar-refractivity contribution < 1.29 is 13.2 Å². The minimum Gasteiger partial charge on any atom is -0.363 e. The fraction of sp³-hybridized carbons (Fsp3) is 0.333. The van der Waals surface area contributed by atoms with Crippen molar-refractivity contribution in [1.82, 2.24) is 4.90 Å². The topological polar surface area (TPSA) is 3.24 Å². The van der Waals surface area contributed by atoms with Crippen molar-refractivity contribution >= 4 is 33.2 Å². The van der Waals surface area contributed by atoms with Crippen LogP contribution < -0.4 is 0 Å². The molecule has 1 aromatic rings. The predicted molar refractivity (Wildman–Crippen MR) is 82.8 cm³/mol. The van der Waals surface area contributed by atoms with Crippen LogP contribution in [0.2, 0.25) is 0 Å². The minimum atomic E-state index is -0.935. The molecule has 0 fully saturated rings. The lowest BCUT2D eigenvalue weighted by Gasteiger charge is -2.37. The molecular weight excluding hydrogens is 367 g/mol. The van der Waals surface area contributed by atoms with E-state index in [4.69, 9.17) is 11.6 Å². The Labute approximate surface area is 135 Å². The van der Waals surface area contributed by atoms with E-state index < -0.39 is 17.5 Å². The van der Waals surface area contributed by atoms with Crippen molar-refractivity contribution in [3.05, 3.63) is 51.8 Å². The van der Waals surface area contributed by atoms with E-state index in [9.17, 15) is 13.2 Å². The largest absolute Gasteiger partial charge is 0.363 e. The third kappa shape index (κ3) is 2.99. The smallest absolute Gasteiger partial charge is 0.138 e. The first-order valence-electron chi connectivity index (χ1n) is 6.48. The molecule has 1 aliphatic rings. The Morgan fingerprint density at radius 1 is 1.24 bits per heavy atom. The number of rotatable bonds is 3. The standard InChI is InChI=1S/C15H14BrClF3N/c1-3-21-8(2)11(17)4-9(7-16)15(21)14-12(19)5-10(18)6-13(14)20/h4-6,8H,3,7H2,1-2H3. The Morgan fingerprint density at radius 2 is 1.81 bits per heavy atom. The monoisotopic (exact) mass is 379 g/mol. The zero-order valence-corrected chi connectivity index (χ0v) is 13.9. The van der Waals surface area contributed by atoms with Gasteiger partial charge in [-0.1, -0.05) is 27.5 Å². The zero-order valence-electron chi connectivity index (χ0n) is 11.6. The van der Waals surface area contributed by atoms with Gasteiger partial charge in [-0.2, -0.15) is 0 Å². The summed E-state index contributed by atoms with van der Waals surface area (Å²) in [6.07, 6.45) is 1.70. The average molecular weight is 381 g/mol. The Kier molecular flexibility index (Phi) is 5.04. The fourth-order valence-electron chi connectivity index (χ4n) is 2.49. The maximum absolute atomic E-state index is 14.1. The van der Waals surface area contributed by atoms with Crippen molar-refractivity contribution in [2.24, 2.45) is 0 Å². The van der Waals surface area contributed by atoms with Crippen LogP contribution in [0.25, 0.3) is 5.70 Å². The van der Waals surface area contributed by atoms with E-state index in [-0.39, 0.29) is 11.6 Å². The number of alkyl halides is 1. The normalized spacial score (nSPS) is 19.1. The Bertz CT molecular complexity index is 604. The molecule has 1 aromatic carbocycles. The van der Waals surface area contributed by atoms with Gasteiger partial charge in [-0.15, -0.1) is 0 Å². The van der Waals surface area contributed by atoms with Crippen LogP contribution in [0.15, 0.2) is 28.8 Å². The molecule has 0 radical (unpaired) electrons. The molecule has 0 N–H and O–H groups in total. The SMILES string of the molecule is CCN1C(c2c(F)cc(F)cc2F)=C(CBr)C=C(Cl)C1C. The number of nitrogens with zero attached hydrogens (tertiary/aromatic N) is 1. The fourth-order valence-corrected chi connectivity index (χ4v) is 3.17. The van der Waals surface area contributed by atoms with E-state index in [1.165, 1.54) is 0 Å². The third-order valence-electron chi connectivity index (χ3n) is 3.50. The van der Waals surface area contributed by atoms with Crippen molar-refractivity contribution in [2.75, 3.05) is 11.9 Å². The molecule has 1 nitrogen and oxygen atoms in total. The maximum atomic E-state index is 14.1. The molecule has 0 aromatic heterocycles. The number of likely N-dealkylation sites (N-methyl/N-ethyl adjacent to an activating group) is 1. The highest BCUT2D eigenvalue weighted by molar-refractivity contribution is 9.09. The predicted octanol–water partition coefficient (Wildman–Crippen LogP) is 5.06. The van der Waals surface area contributed by atoms with Gasteiger partial charge in [-0.3, -0.25) is 0 Å². The molecule has 0 saturated heterocycles. The number of hydrogen-bond acceptors (Lipinski definition) is 1. The molecular formula is C15H14BrClF3N. The number of allylic oxidation sites excluding steroid dienone is 2. The van der Waals surface area contributed by atoms with Gasteiger partial charge in [-0.05, 0) is 25.5 Å². The second-order valence-corrected chi connectivity index (χ2v) is 5.74. The lowest BCUT2D eigenvalue weighted by molar-refractivity contribution is 0.359. The Morgan fingerprint density at radius 3 is 2.29 bits per heavy atom. The van der Waals surface area contributed by atoms with Gasteiger partial charge < -0.3 is 4.90 Å². The highest BCUT2D eigenvalue weighted by atomic mass is 79.9. The van der Waals surface area contributed by atoms with Gasteiger partial charge in [0.2, 0.25) is 0 Å². The molecule has 0 saturated carbocycles. The molecule has 114 valence electrons. The summed E-state index contributed by atoms with van der Waals surface area (Å²) < 4.78 is 41.4. The lowest BCUT2D eigenvalue weighted by Crippen LogP contribution is -2.35. The molecule has 1 heterocycles. The van der Waals surface area contributed by atoms with Gasteiger partial charge in [0.1, 0.15) is 17.5 Å². The van der Waals surface area contributed by atoms with E-state index in [2.05, 4.69) is 15.9 Å². The van der Waals surface area contributed by atoms with E-state index in [1.807, 2.05) is 13.8 Å². The lowest BCUT2D eigenvalue weighted by atomic mass is 9.98. The molecule has 2 rings (SSSR count). The van der Waals surface area contributed by atoms with Gasteiger partial charge in [0.25, 0.3) is 0 Å². The Hall–Kier alpha value is -0.940. The molecule has 1 atom stereocenters. The van der Waals surface area contributed by atoms with Crippen LogP contribution >= 0.6 is 27.5 Å². The highest BCUT2D eigenvalue weighted by Crippen LogP contribution is 2.37. The highest BCUT2D eigenvalue weighted by Gasteiger charge is 2.29. The van der Waals surface area contributed by atoms with Crippen LogP contribution in [0.4, 0.5) is 13.2 Å². The van der Waals surface area contributed by atoms with Gasteiger partial charge in [0, 0.05) is 29.0 Å². The zero-order chi connectivity index (χ0) is 15.7. The molecule has 0 spiro atoms. The maximum Gasteiger partial charge on any atom is 0.138 e. The van der Waals surface area contributed by atoms with Gasteiger partial charge in [0.15, 0.2) is 0 Å². The van der Waals surface area contributed by atoms with E-state index in [1.54, 1.807) is 11.0 Å². The first-order valence-corrected chi connectivity index (χ1v) is 7.98. The second kappa shape index (κ2) is 6.44. The molecule has 0 bridgehead atoms. The summed E-state index contributed by atoms with van der Waals surface area (Å²) in [5, 5.41) is 0.982. The first-order chi connectivity index (χ1) is 9.90. The summed E-state index contributed by atoms with van der Waals surface area (Å²) in [7, 11) is 0. The average Bonchev–Trinajstić information content (AvgIpc) is 2.41. The molecule has 1 unspecified atom stereocenters. The summed E-state index contributed by atoms with van der Waals surface area (Å²) in [6, 6.07) is 1.18. The van der Waals surface area contributed by atoms with Crippen molar-refractivity contribution in [2.45, 2.75) is 19.9 Å². The number of halogens is 5. The third-order valence-corrected chi connectivity index (χ3v) is 4.53. The number of hydrogen-bond donors (Lipinski definition) is 0. The molecule has 21 heavy (non-hydrogen) atoms. The van der Waals surface area contributed by atoms with E-state index in [0.29, 0.717) is 40.3 Å². The summed E-state index contributed by atoms with van der Waals surface area (Å²) >= 11 is 9.50. The quantitative estimate of drug-likeness (QED) is 0.663. The number of benzene rings is 1. The second-order valence-electron chi connectivity index (χ2n) is 4.74. The summed E-state index contributed by atoms with van der Waals surface area (Å²) in [5.74, 6) is -2.77. The van der Waals surface area contributed by atoms with E-state index >= 15 is 0 Å². The van der Waals surface area contributed by atoms with Crippen LogP contribution in [-0.4, -0.2) is 22.8 Å². The van der Waals surface area contributed by atoms with E-state index in [0.717, 1.165) is 0 Å². The van der Waals surface area contributed by atoms with Gasteiger partial charge in [0.05, 0.1) is 17.3 Å².